The Bertz CT molecular complexity index is 3360. The van der Waals surface area contributed by atoms with Gasteiger partial charge < -0.3 is 9.73 Å². The molecule has 3 heterocycles. The van der Waals surface area contributed by atoms with Gasteiger partial charge in [0.1, 0.15) is 11.2 Å². The van der Waals surface area contributed by atoms with Crippen molar-refractivity contribution in [3.05, 3.63) is 187 Å². The third kappa shape index (κ3) is 4.05. The molecule has 0 bridgehead atoms. The Morgan fingerprint density at radius 2 is 1.24 bits per heavy atom. The highest BCUT2D eigenvalue weighted by Gasteiger charge is 2.28. The quantitative estimate of drug-likeness (QED) is 0.184. The van der Waals surface area contributed by atoms with Crippen molar-refractivity contribution in [1.29, 1.82) is 0 Å². The van der Waals surface area contributed by atoms with Crippen LogP contribution in [-0.2, 0) is 0 Å². The zero-order valence-electron chi connectivity index (χ0n) is 29.1. The van der Waals surface area contributed by atoms with E-state index in [1.54, 1.807) is 0 Å². The predicted molar refractivity (Wildman–Crippen MR) is 226 cm³/mol. The summed E-state index contributed by atoms with van der Waals surface area (Å²) in [4.78, 5) is 5.48. The molecule has 0 spiro atoms. The van der Waals surface area contributed by atoms with Crippen LogP contribution in [0.15, 0.2) is 191 Å². The van der Waals surface area contributed by atoms with Crippen molar-refractivity contribution in [3.8, 4) is 11.1 Å². The largest absolute Gasteiger partial charge is 0.455 e. The van der Waals surface area contributed by atoms with Crippen LogP contribution in [0.4, 0.5) is 0 Å². The van der Waals surface area contributed by atoms with E-state index in [1.807, 2.05) is 6.07 Å². The SMILES string of the molecule is C1=CC2=C(c3ccccc3)N=C(n3c4ccccc4c4c5c6ccccc6c(-c6cccc7c6oc6ccccc67)cc5c5ccccc5c43)NC2C=C1. The third-order valence-electron chi connectivity index (χ3n) is 11.4. The lowest BCUT2D eigenvalue weighted by molar-refractivity contribution is 0.670. The van der Waals surface area contributed by atoms with Gasteiger partial charge in [-0.2, -0.15) is 0 Å². The number of hydrogen-bond acceptors (Lipinski definition) is 3. The summed E-state index contributed by atoms with van der Waals surface area (Å²) in [5.41, 5.74) is 9.60. The molecule has 1 aliphatic heterocycles. The highest BCUT2D eigenvalue weighted by Crippen LogP contribution is 2.47. The number of rotatable bonds is 2. The van der Waals surface area contributed by atoms with Crippen LogP contribution in [-0.4, -0.2) is 16.6 Å². The summed E-state index contributed by atoms with van der Waals surface area (Å²) in [5.74, 6) is 0.816. The minimum atomic E-state index is -0.00927. The molecule has 1 atom stereocenters. The molecule has 4 heteroatoms. The van der Waals surface area contributed by atoms with E-state index < -0.39 is 0 Å². The first-order chi connectivity index (χ1) is 26.8. The summed E-state index contributed by atoms with van der Waals surface area (Å²) < 4.78 is 9.00. The number of nitrogens with zero attached hydrogens (tertiary/aromatic N) is 2. The van der Waals surface area contributed by atoms with Gasteiger partial charge in [-0.1, -0.05) is 158 Å². The average Bonchev–Trinajstić information content (AvgIpc) is 3.80. The maximum atomic E-state index is 6.63. The highest BCUT2D eigenvalue weighted by molar-refractivity contribution is 6.39. The molecule has 1 aliphatic carbocycles. The zero-order chi connectivity index (χ0) is 35.3. The van der Waals surface area contributed by atoms with E-state index in [0.29, 0.717) is 0 Å². The first kappa shape index (κ1) is 29.4. The number of para-hydroxylation sites is 3. The molecule has 0 saturated carbocycles. The van der Waals surface area contributed by atoms with E-state index in [0.717, 1.165) is 61.3 Å². The maximum Gasteiger partial charge on any atom is 0.209 e. The van der Waals surface area contributed by atoms with Crippen LogP contribution in [0.5, 0.6) is 0 Å². The number of hydrogen-bond donors (Lipinski definition) is 1. The number of benzene rings is 8. The lowest BCUT2D eigenvalue weighted by atomic mass is 9.88. The molecular formula is C50H31N3O. The fourth-order valence-electron chi connectivity index (χ4n) is 9.11. The number of aliphatic imine (C=N–C) groups is 1. The van der Waals surface area contributed by atoms with Crippen LogP contribution in [0.1, 0.15) is 5.56 Å². The van der Waals surface area contributed by atoms with Crippen molar-refractivity contribution >= 4 is 87.7 Å². The van der Waals surface area contributed by atoms with Crippen LogP contribution in [0.25, 0.3) is 92.9 Å². The number of allylic oxidation sites excluding steroid dienone is 2. The Morgan fingerprint density at radius 3 is 2.11 bits per heavy atom. The van der Waals surface area contributed by atoms with Crippen molar-refractivity contribution in [2.75, 3.05) is 0 Å². The van der Waals surface area contributed by atoms with E-state index in [2.05, 4.69) is 180 Å². The standard InChI is InChI=1S/C50H31N3O/c1-2-15-30(16-3-1)47-38-22-8-11-26-42(38)51-50(52-47)53-43-27-12-9-23-39(43)46-45-34-20-6-4-17-31(34)40(29-41(45)32-18-5-7-21-35(32)48(46)53)37-25-14-24-36-33-19-10-13-28-44(33)54-49(36)37/h1-29,42H,(H,51,52). The van der Waals surface area contributed by atoms with Crippen molar-refractivity contribution in [2.45, 2.75) is 6.04 Å². The highest BCUT2D eigenvalue weighted by atomic mass is 16.3. The summed E-state index contributed by atoms with van der Waals surface area (Å²) in [6, 6.07) is 54.4. The summed E-state index contributed by atoms with van der Waals surface area (Å²) >= 11 is 0. The molecule has 4 nitrogen and oxygen atoms in total. The molecular weight excluding hydrogens is 659 g/mol. The molecule has 8 aromatic carbocycles. The van der Waals surface area contributed by atoms with Crippen LogP contribution >= 0.6 is 0 Å². The molecule has 2 aliphatic rings. The Hall–Kier alpha value is -7.17. The molecule has 252 valence electrons. The molecule has 0 radical (unpaired) electrons. The van der Waals surface area contributed by atoms with Crippen LogP contribution in [0, 0.1) is 0 Å². The minimum Gasteiger partial charge on any atom is -0.455 e. The van der Waals surface area contributed by atoms with Crippen LogP contribution in [0.3, 0.4) is 0 Å². The monoisotopic (exact) mass is 689 g/mol. The molecule has 10 aromatic rings. The number of nitrogens with one attached hydrogen (secondary N) is 1. The van der Waals surface area contributed by atoms with Gasteiger partial charge in [0.15, 0.2) is 0 Å². The zero-order valence-corrected chi connectivity index (χ0v) is 29.1. The van der Waals surface area contributed by atoms with Crippen molar-refractivity contribution in [2.24, 2.45) is 4.99 Å². The molecule has 0 amide bonds. The summed E-state index contributed by atoms with van der Waals surface area (Å²) in [6.07, 6.45) is 8.64. The molecule has 54 heavy (non-hydrogen) atoms. The molecule has 0 fully saturated rings. The number of aromatic nitrogens is 1. The second-order valence-electron chi connectivity index (χ2n) is 14.3. The van der Waals surface area contributed by atoms with Gasteiger partial charge >= 0.3 is 0 Å². The van der Waals surface area contributed by atoms with Crippen molar-refractivity contribution < 1.29 is 4.42 Å². The normalized spacial score (nSPS) is 15.6. The number of furan rings is 1. The van der Waals surface area contributed by atoms with E-state index in [-0.39, 0.29) is 6.04 Å². The molecule has 1 N–H and O–H groups in total. The van der Waals surface area contributed by atoms with Gasteiger partial charge in [-0.15, -0.1) is 0 Å². The summed E-state index contributed by atoms with van der Waals surface area (Å²) in [7, 11) is 0. The number of fused-ring (bicyclic) bond motifs is 14. The maximum absolute atomic E-state index is 6.63. The van der Waals surface area contributed by atoms with Gasteiger partial charge in [0.25, 0.3) is 0 Å². The van der Waals surface area contributed by atoms with Gasteiger partial charge in [-0.05, 0) is 45.3 Å². The lowest BCUT2D eigenvalue weighted by Crippen LogP contribution is -2.42. The lowest BCUT2D eigenvalue weighted by Gasteiger charge is -2.29. The van der Waals surface area contributed by atoms with Crippen molar-refractivity contribution in [3.63, 3.8) is 0 Å². The Kier molecular flexibility index (Phi) is 6.08. The third-order valence-corrected chi connectivity index (χ3v) is 11.4. The van der Waals surface area contributed by atoms with Crippen LogP contribution in [0.2, 0.25) is 0 Å². The van der Waals surface area contributed by atoms with Gasteiger partial charge in [-0.3, -0.25) is 4.57 Å². The van der Waals surface area contributed by atoms with Gasteiger partial charge in [-0.25, -0.2) is 4.99 Å². The summed E-state index contributed by atoms with van der Waals surface area (Å²) in [6.45, 7) is 0. The fraction of sp³-hybridized carbons (Fsp3) is 0.0200. The Balaban J connectivity index is 1.23. The van der Waals surface area contributed by atoms with Crippen molar-refractivity contribution in [1.82, 2.24) is 9.88 Å². The fourth-order valence-corrected chi connectivity index (χ4v) is 9.11. The van der Waals surface area contributed by atoms with E-state index in [1.165, 1.54) is 48.7 Å². The molecule has 12 rings (SSSR count). The second-order valence-corrected chi connectivity index (χ2v) is 14.3. The van der Waals surface area contributed by atoms with E-state index in [4.69, 9.17) is 9.41 Å². The topological polar surface area (TPSA) is 42.5 Å². The minimum absolute atomic E-state index is 0.00927. The van der Waals surface area contributed by atoms with E-state index in [9.17, 15) is 0 Å². The predicted octanol–water partition coefficient (Wildman–Crippen LogP) is 12.5. The molecule has 2 aromatic heterocycles. The smallest absolute Gasteiger partial charge is 0.209 e. The van der Waals surface area contributed by atoms with Crippen LogP contribution < -0.4 is 5.32 Å². The average molecular weight is 690 g/mol. The first-order valence-electron chi connectivity index (χ1n) is 18.5. The summed E-state index contributed by atoms with van der Waals surface area (Å²) in [5, 5.41) is 15.8. The molecule has 1 unspecified atom stereocenters. The molecule has 0 saturated heterocycles. The first-order valence-corrected chi connectivity index (χ1v) is 18.5. The Morgan fingerprint density at radius 1 is 0.537 bits per heavy atom. The van der Waals surface area contributed by atoms with Gasteiger partial charge in [0.05, 0.1) is 22.8 Å². The van der Waals surface area contributed by atoms with Gasteiger partial charge in [0.2, 0.25) is 5.96 Å². The Labute approximate surface area is 310 Å². The van der Waals surface area contributed by atoms with E-state index >= 15 is 0 Å². The van der Waals surface area contributed by atoms with Gasteiger partial charge in [0, 0.05) is 49.0 Å². The second kappa shape index (κ2) is 11.2.